The van der Waals surface area contributed by atoms with Crippen LogP contribution < -0.4 is 5.32 Å². The zero-order valence-corrected chi connectivity index (χ0v) is 12.0. The molecule has 0 bridgehead atoms. The molecule has 0 aliphatic rings. The summed E-state index contributed by atoms with van der Waals surface area (Å²) in [6, 6.07) is 12.2. The van der Waals surface area contributed by atoms with Gasteiger partial charge < -0.3 is 5.32 Å². The van der Waals surface area contributed by atoms with Gasteiger partial charge in [-0.05, 0) is 42.8 Å². The molecule has 0 spiro atoms. The number of pyridine rings is 1. The minimum atomic E-state index is 0.00996. The van der Waals surface area contributed by atoms with E-state index >= 15 is 0 Å². The summed E-state index contributed by atoms with van der Waals surface area (Å²) in [5, 5.41) is 4.65. The van der Waals surface area contributed by atoms with Gasteiger partial charge >= 0.3 is 0 Å². The number of rotatable bonds is 5. The minimum absolute atomic E-state index is 0.00996. The van der Waals surface area contributed by atoms with Gasteiger partial charge in [-0.25, -0.2) is 9.97 Å². The first kappa shape index (κ1) is 13.6. The molecule has 4 heteroatoms. The van der Waals surface area contributed by atoms with E-state index in [2.05, 4.69) is 45.4 Å². The highest BCUT2D eigenvalue weighted by molar-refractivity contribution is 5.79. The highest BCUT2D eigenvalue weighted by Crippen LogP contribution is 2.22. The highest BCUT2D eigenvalue weighted by Gasteiger charge is 2.16. The summed E-state index contributed by atoms with van der Waals surface area (Å²) in [6.45, 7) is 3.08. The fraction of sp³-hybridized carbons (Fsp3) is 0.235. The Bertz CT molecular complexity index is 712. The molecular formula is C17H18N4. The summed E-state index contributed by atoms with van der Waals surface area (Å²) in [5.41, 5.74) is 2.17. The van der Waals surface area contributed by atoms with Gasteiger partial charge in [0.2, 0.25) is 0 Å². The lowest BCUT2D eigenvalue weighted by Crippen LogP contribution is -2.25. The van der Waals surface area contributed by atoms with Crippen molar-refractivity contribution in [2.75, 3.05) is 6.54 Å². The van der Waals surface area contributed by atoms with Crippen LogP contribution in [0.4, 0.5) is 0 Å². The first-order valence-corrected chi connectivity index (χ1v) is 7.23. The lowest BCUT2D eigenvalue weighted by atomic mass is 10.0. The molecule has 3 aromatic rings. The molecule has 0 radical (unpaired) electrons. The molecule has 21 heavy (non-hydrogen) atoms. The molecule has 4 nitrogen and oxygen atoms in total. The average molecular weight is 278 g/mol. The van der Waals surface area contributed by atoms with Crippen LogP contribution in [0.15, 0.2) is 55.0 Å². The standard InChI is InChI=1S/C17H18N4/c1-2-8-19-16(17-20-10-4-11-21-17)14-6-7-15-13(12-14)5-3-9-18-15/h3-7,9-12,16,19H,2,8H2,1H3. The zero-order valence-electron chi connectivity index (χ0n) is 12.0. The molecule has 1 atom stereocenters. The SMILES string of the molecule is CCCNC(c1ccc2ncccc2c1)c1ncccn1. The van der Waals surface area contributed by atoms with E-state index in [1.54, 1.807) is 12.4 Å². The van der Waals surface area contributed by atoms with Gasteiger partial charge in [0.15, 0.2) is 0 Å². The van der Waals surface area contributed by atoms with Crippen LogP contribution in [0.3, 0.4) is 0 Å². The van der Waals surface area contributed by atoms with E-state index < -0.39 is 0 Å². The van der Waals surface area contributed by atoms with E-state index in [9.17, 15) is 0 Å². The Kier molecular flexibility index (Phi) is 4.17. The van der Waals surface area contributed by atoms with Crippen LogP contribution in [0, 0.1) is 0 Å². The van der Waals surface area contributed by atoms with Crippen LogP contribution in [0.5, 0.6) is 0 Å². The summed E-state index contributed by atoms with van der Waals surface area (Å²) in [4.78, 5) is 13.2. The van der Waals surface area contributed by atoms with Gasteiger partial charge in [0.25, 0.3) is 0 Å². The van der Waals surface area contributed by atoms with E-state index in [0.29, 0.717) is 0 Å². The number of nitrogens with zero attached hydrogens (tertiary/aromatic N) is 3. The molecule has 1 N–H and O–H groups in total. The lowest BCUT2D eigenvalue weighted by Gasteiger charge is -2.18. The molecule has 1 aromatic carbocycles. The summed E-state index contributed by atoms with van der Waals surface area (Å²) >= 11 is 0. The number of fused-ring (bicyclic) bond motifs is 1. The molecule has 1 unspecified atom stereocenters. The Morgan fingerprint density at radius 2 is 1.81 bits per heavy atom. The summed E-state index contributed by atoms with van der Waals surface area (Å²) < 4.78 is 0. The Morgan fingerprint density at radius 3 is 2.62 bits per heavy atom. The van der Waals surface area contributed by atoms with Crippen LogP contribution in [-0.4, -0.2) is 21.5 Å². The van der Waals surface area contributed by atoms with Gasteiger partial charge in [0.1, 0.15) is 5.82 Å². The van der Waals surface area contributed by atoms with Crippen molar-refractivity contribution in [3.05, 3.63) is 66.4 Å². The molecule has 2 heterocycles. The maximum atomic E-state index is 4.40. The molecular weight excluding hydrogens is 260 g/mol. The van der Waals surface area contributed by atoms with E-state index in [0.717, 1.165) is 35.3 Å². The molecule has 0 saturated heterocycles. The number of benzene rings is 1. The van der Waals surface area contributed by atoms with Crippen LogP contribution in [-0.2, 0) is 0 Å². The van der Waals surface area contributed by atoms with E-state index in [1.807, 2.05) is 24.4 Å². The van der Waals surface area contributed by atoms with Crippen LogP contribution in [0.25, 0.3) is 10.9 Å². The van der Waals surface area contributed by atoms with Gasteiger partial charge in [0.05, 0.1) is 11.6 Å². The third-order valence-electron chi connectivity index (χ3n) is 3.40. The molecule has 106 valence electrons. The predicted octanol–water partition coefficient (Wildman–Crippen LogP) is 3.11. The average Bonchev–Trinajstić information content (AvgIpc) is 2.56. The highest BCUT2D eigenvalue weighted by atomic mass is 15.0. The van der Waals surface area contributed by atoms with Crippen molar-refractivity contribution in [1.29, 1.82) is 0 Å². The number of nitrogens with one attached hydrogen (secondary N) is 1. The van der Waals surface area contributed by atoms with Crippen molar-refractivity contribution >= 4 is 10.9 Å². The minimum Gasteiger partial charge on any atom is -0.304 e. The molecule has 2 aromatic heterocycles. The Morgan fingerprint density at radius 1 is 1.00 bits per heavy atom. The Hall–Kier alpha value is -2.33. The largest absolute Gasteiger partial charge is 0.304 e. The van der Waals surface area contributed by atoms with Gasteiger partial charge in [0, 0.05) is 24.0 Å². The fourth-order valence-electron chi connectivity index (χ4n) is 2.38. The number of aromatic nitrogens is 3. The molecule has 0 aliphatic heterocycles. The normalized spacial score (nSPS) is 12.4. The quantitative estimate of drug-likeness (QED) is 0.779. The van der Waals surface area contributed by atoms with Crippen molar-refractivity contribution < 1.29 is 0 Å². The van der Waals surface area contributed by atoms with Crippen molar-refractivity contribution in [3.63, 3.8) is 0 Å². The first-order chi connectivity index (χ1) is 10.4. The van der Waals surface area contributed by atoms with Crippen LogP contribution in [0.1, 0.15) is 30.8 Å². The number of hydrogen-bond donors (Lipinski definition) is 1. The van der Waals surface area contributed by atoms with Crippen LogP contribution >= 0.6 is 0 Å². The monoisotopic (exact) mass is 278 g/mol. The molecule has 0 amide bonds. The van der Waals surface area contributed by atoms with Crippen molar-refractivity contribution in [3.8, 4) is 0 Å². The summed E-state index contributed by atoms with van der Waals surface area (Å²) in [6.07, 6.45) is 6.45. The molecule has 0 aliphatic carbocycles. The van der Waals surface area contributed by atoms with Gasteiger partial charge in [-0.1, -0.05) is 19.1 Å². The van der Waals surface area contributed by atoms with Crippen molar-refractivity contribution in [2.45, 2.75) is 19.4 Å². The molecule has 0 fully saturated rings. The van der Waals surface area contributed by atoms with Crippen LogP contribution in [0.2, 0.25) is 0 Å². The maximum Gasteiger partial charge on any atom is 0.149 e. The third-order valence-corrected chi connectivity index (χ3v) is 3.40. The fourth-order valence-corrected chi connectivity index (χ4v) is 2.38. The zero-order chi connectivity index (χ0) is 14.5. The maximum absolute atomic E-state index is 4.40. The third kappa shape index (κ3) is 3.06. The second kappa shape index (κ2) is 6.41. The smallest absolute Gasteiger partial charge is 0.149 e. The lowest BCUT2D eigenvalue weighted by molar-refractivity contribution is 0.572. The molecule has 0 saturated carbocycles. The second-order valence-corrected chi connectivity index (χ2v) is 4.95. The predicted molar refractivity (Wildman–Crippen MR) is 83.9 cm³/mol. The van der Waals surface area contributed by atoms with Crippen molar-refractivity contribution in [2.24, 2.45) is 0 Å². The van der Waals surface area contributed by atoms with Gasteiger partial charge in [-0.3, -0.25) is 4.98 Å². The number of hydrogen-bond acceptors (Lipinski definition) is 4. The van der Waals surface area contributed by atoms with Gasteiger partial charge in [-0.15, -0.1) is 0 Å². The molecule has 3 rings (SSSR count). The Labute approximate surface area is 124 Å². The van der Waals surface area contributed by atoms with E-state index in [-0.39, 0.29) is 6.04 Å². The summed E-state index contributed by atoms with van der Waals surface area (Å²) in [5.74, 6) is 0.800. The van der Waals surface area contributed by atoms with E-state index in [4.69, 9.17) is 0 Å². The first-order valence-electron chi connectivity index (χ1n) is 7.23. The Balaban J connectivity index is 2.01. The van der Waals surface area contributed by atoms with Gasteiger partial charge in [-0.2, -0.15) is 0 Å². The second-order valence-electron chi connectivity index (χ2n) is 4.95. The summed E-state index contributed by atoms with van der Waals surface area (Å²) in [7, 11) is 0. The topological polar surface area (TPSA) is 50.7 Å². The van der Waals surface area contributed by atoms with Crippen molar-refractivity contribution in [1.82, 2.24) is 20.3 Å². The van der Waals surface area contributed by atoms with E-state index in [1.165, 1.54) is 0 Å².